The number of furan rings is 1. The summed E-state index contributed by atoms with van der Waals surface area (Å²) in [6, 6.07) is 66.2. The molecule has 3 aromatic heterocycles. The van der Waals surface area contributed by atoms with E-state index in [4.69, 9.17) is 4.42 Å². The fraction of sp³-hybridized carbons (Fsp3) is 0.0370. The molecule has 3 nitrogen and oxygen atoms in total. The van der Waals surface area contributed by atoms with E-state index in [-0.39, 0.29) is 12.0 Å². The van der Waals surface area contributed by atoms with Crippen molar-refractivity contribution in [2.75, 3.05) is 0 Å². The van der Waals surface area contributed by atoms with E-state index in [1.165, 1.54) is 76.8 Å². The van der Waals surface area contributed by atoms with Gasteiger partial charge in [0.05, 0.1) is 17.1 Å². The van der Waals surface area contributed by atoms with Crippen LogP contribution in [0.4, 0.5) is 0 Å². The molecule has 0 radical (unpaired) electrons. The zero-order chi connectivity index (χ0) is 37.5. The molecule has 0 spiro atoms. The van der Waals surface area contributed by atoms with Crippen molar-refractivity contribution in [1.29, 1.82) is 0 Å². The first-order valence-electron chi connectivity index (χ1n) is 19.8. The number of para-hydroxylation sites is 3. The second-order valence-corrected chi connectivity index (χ2v) is 15.2. The lowest BCUT2D eigenvalue weighted by molar-refractivity contribution is 0.578. The van der Waals surface area contributed by atoms with Gasteiger partial charge in [-0.2, -0.15) is 0 Å². The highest BCUT2D eigenvalue weighted by molar-refractivity contribution is 6.12. The third-order valence-corrected chi connectivity index (χ3v) is 12.1. The van der Waals surface area contributed by atoms with Crippen molar-refractivity contribution >= 4 is 65.6 Å². The molecule has 268 valence electrons. The predicted molar refractivity (Wildman–Crippen MR) is 238 cm³/mol. The Balaban J connectivity index is 1.000. The number of rotatable bonds is 5. The second-order valence-electron chi connectivity index (χ2n) is 15.2. The Bertz CT molecular complexity index is 3430. The zero-order valence-corrected chi connectivity index (χ0v) is 31.1. The van der Waals surface area contributed by atoms with Gasteiger partial charge in [0.2, 0.25) is 0 Å². The van der Waals surface area contributed by atoms with Crippen LogP contribution < -0.4 is 0 Å². The molecule has 11 aromatic rings. The summed E-state index contributed by atoms with van der Waals surface area (Å²) >= 11 is 0. The predicted octanol–water partition coefficient (Wildman–Crippen LogP) is 14.6. The van der Waals surface area contributed by atoms with Crippen LogP contribution in [0.1, 0.15) is 17.5 Å². The number of nitrogens with zero attached hydrogens (tertiary/aromatic N) is 2. The molecule has 0 saturated carbocycles. The van der Waals surface area contributed by atoms with Crippen LogP contribution in [-0.4, -0.2) is 9.13 Å². The summed E-state index contributed by atoms with van der Waals surface area (Å²) in [6.45, 7) is 0. The van der Waals surface area contributed by atoms with Crippen LogP contribution in [0, 0.1) is 0 Å². The molecule has 57 heavy (non-hydrogen) atoms. The van der Waals surface area contributed by atoms with Crippen LogP contribution in [0.5, 0.6) is 0 Å². The van der Waals surface area contributed by atoms with Crippen molar-refractivity contribution in [3.8, 4) is 27.9 Å². The molecule has 0 saturated heterocycles. The fourth-order valence-electron chi connectivity index (χ4n) is 9.60. The summed E-state index contributed by atoms with van der Waals surface area (Å²) in [5.41, 5.74) is 14.0. The fourth-order valence-corrected chi connectivity index (χ4v) is 9.60. The number of hydrogen-bond acceptors (Lipinski definition) is 1. The molecular formula is C54H36N2O. The van der Waals surface area contributed by atoms with Crippen molar-refractivity contribution in [2.45, 2.75) is 12.0 Å². The standard InChI is InChI=1S/C54H36N2O/c1-2-14-35(15-3-1)36-16-12-17-39(32-36)55-47-23-8-5-19-41(47)45-33-37(28-30-50(45)55)38-29-31-51-46(34-38)42-20-6-10-25-49(42)56(51)48-24-9-4-18-40(48)43-22-13-27-53-54(43)44-21-7-11-26-52(44)57-53/h1-34,40,48H. The van der Waals surface area contributed by atoms with Crippen LogP contribution in [-0.2, 0) is 0 Å². The van der Waals surface area contributed by atoms with E-state index in [1.54, 1.807) is 0 Å². The number of hydrogen-bond donors (Lipinski definition) is 0. The van der Waals surface area contributed by atoms with Crippen molar-refractivity contribution in [1.82, 2.24) is 9.13 Å². The zero-order valence-electron chi connectivity index (χ0n) is 31.1. The van der Waals surface area contributed by atoms with E-state index in [9.17, 15) is 0 Å². The van der Waals surface area contributed by atoms with Crippen molar-refractivity contribution < 1.29 is 4.42 Å². The van der Waals surface area contributed by atoms with E-state index >= 15 is 0 Å². The van der Waals surface area contributed by atoms with E-state index in [1.807, 2.05) is 6.07 Å². The first-order valence-corrected chi connectivity index (χ1v) is 19.8. The monoisotopic (exact) mass is 728 g/mol. The molecule has 2 unspecified atom stereocenters. The number of benzene rings is 8. The van der Waals surface area contributed by atoms with E-state index in [0.29, 0.717) is 0 Å². The molecule has 2 atom stereocenters. The van der Waals surface area contributed by atoms with Gasteiger partial charge in [0.1, 0.15) is 11.2 Å². The molecule has 3 heteroatoms. The number of allylic oxidation sites excluding steroid dienone is 4. The lowest BCUT2D eigenvalue weighted by Gasteiger charge is -2.28. The Morgan fingerprint density at radius 1 is 0.386 bits per heavy atom. The maximum absolute atomic E-state index is 6.35. The average molecular weight is 729 g/mol. The van der Waals surface area contributed by atoms with Crippen molar-refractivity contribution in [3.05, 3.63) is 212 Å². The lowest BCUT2D eigenvalue weighted by Crippen LogP contribution is -2.16. The maximum atomic E-state index is 6.35. The molecular weight excluding hydrogens is 693 g/mol. The number of aromatic nitrogens is 2. The quantitative estimate of drug-likeness (QED) is 0.173. The van der Waals surface area contributed by atoms with Gasteiger partial charge < -0.3 is 13.6 Å². The first kappa shape index (κ1) is 31.9. The highest BCUT2D eigenvalue weighted by Crippen LogP contribution is 2.45. The highest BCUT2D eigenvalue weighted by atomic mass is 16.3. The van der Waals surface area contributed by atoms with Gasteiger partial charge in [-0.3, -0.25) is 0 Å². The summed E-state index contributed by atoms with van der Waals surface area (Å²) in [5, 5.41) is 7.39. The summed E-state index contributed by atoms with van der Waals surface area (Å²) in [4.78, 5) is 0. The molecule has 1 aliphatic carbocycles. The van der Waals surface area contributed by atoms with Crippen LogP contribution in [0.25, 0.3) is 93.5 Å². The van der Waals surface area contributed by atoms with E-state index < -0.39 is 0 Å². The van der Waals surface area contributed by atoms with Gasteiger partial charge in [0.15, 0.2) is 0 Å². The summed E-state index contributed by atoms with van der Waals surface area (Å²) in [5.74, 6) is 0.117. The van der Waals surface area contributed by atoms with E-state index in [2.05, 4.69) is 209 Å². The largest absolute Gasteiger partial charge is 0.456 e. The molecule has 0 N–H and O–H groups in total. The van der Waals surface area contributed by atoms with Crippen LogP contribution in [0.3, 0.4) is 0 Å². The van der Waals surface area contributed by atoms with Gasteiger partial charge >= 0.3 is 0 Å². The second kappa shape index (κ2) is 12.6. The van der Waals surface area contributed by atoms with Gasteiger partial charge in [-0.05, 0) is 88.5 Å². The van der Waals surface area contributed by atoms with Crippen LogP contribution >= 0.6 is 0 Å². The van der Waals surface area contributed by atoms with Gasteiger partial charge in [0.25, 0.3) is 0 Å². The smallest absolute Gasteiger partial charge is 0.135 e. The molecule has 0 bridgehead atoms. The molecule has 8 aromatic carbocycles. The SMILES string of the molecule is C1=CC(c2cccc3oc4ccccc4c23)C(n2c3ccccc3c3cc(-c4ccc5c(c4)c4ccccc4n5-c4cccc(-c5ccccc5)c4)ccc32)C=C1. The normalized spacial score (nSPS) is 15.6. The van der Waals surface area contributed by atoms with Crippen molar-refractivity contribution in [3.63, 3.8) is 0 Å². The topological polar surface area (TPSA) is 23.0 Å². The van der Waals surface area contributed by atoms with E-state index in [0.717, 1.165) is 22.2 Å². The molecule has 0 amide bonds. The minimum Gasteiger partial charge on any atom is -0.456 e. The molecule has 0 aliphatic heterocycles. The average Bonchev–Trinajstić information content (AvgIpc) is 3.94. The van der Waals surface area contributed by atoms with Gasteiger partial charge in [-0.1, -0.05) is 146 Å². The lowest BCUT2D eigenvalue weighted by atomic mass is 9.85. The third kappa shape index (κ3) is 4.92. The van der Waals surface area contributed by atoms with Gasteiger partial charge in [-0.15, -0.1) is 0 Å². The molecule has 0 fully saturated rings. The first-order chi connectivity index (χ1) is 28.3. The minimum absolute atomic E-state index is 0.0744. The highest BCUT2D eigenvalue weighted by Gasteiger charge is 2.28. The third-order valence-electron chi connectivity index (χ3n) is 12.1. The molecule has 3 heterocycles. The Morgan fingerprint density at radius 2 is 0.965 bits per heavy atom. The maximum Gasteiger partial charge on any atom is 0.135 e. The van der Waals surface area contributed by atoms with Gasteiger partial charge in [0, 0.05) is 55.0 Å². The minimum atomic E-state index is 0.0744. The summed E-state index contributed by atoms with van der Waals surface area (Å²) in [7, 11) is 0. The molecule has 1 aliphatic rings. The van der Waals surface area contributed by atoms with Crippen LogP contribution in [0.2, 0.25) is 0 Å². The van der Waals surface area contributed by atoms with Crippen LogP contribution in [0.15, 0.2) is 211 Å². The Morgan fingerprint density at radius 3 is 1.81 bits per heavy atom. The van der Waals surface area contributed by atoms with Gasteiger partial charge in [-0.25, -0.2) is 0 Å². The number of fused-ring (bicyclic) bond motifs is 9. The summed E-state index contributed by atoms with van der Waals surface area (Å²) < 4.78 is 11.3. The van der Waals surface area contributed by atoms with Crippen molar-refractivity contribution in [2.24, 2.45) is 0 Å². The Labute approximate surface area is 329 Å². The Kier molecular flexibility index (Phi) is 7.05. The molecule has 12 rings (SSSR count). The summed E-state index contributed by atoms with van der Waals surface area (Å²) in [6.07, 6.45) is 9.12. The Hall–Kier alpha value is -7.36.